The summed E-state index contributed by atoms with van der Waals surface area (Å²) in [4.78, 5) is 20.2. The average Bonchev–Trinajstić information content (AvgIpc) is 2.33. The Morgan fingerprint density at radius 1 is 1.32 bits per heavy atom. The van der Waals surface area contributed by atoms with Crippen molar-refractivity contribution in [3.05, 3.63) is 16.5 Å². The Hall–Kier alpha value is -1.36. The van der Waals surface area contributed by atoms with Crippen molar-refractivity contribution in [3.63, 3.8) is 0 Å². The zero-order valence-electron chi connectivity index (χ0n) is 12.0. The van der Waals surface area contributed by atoms with Crippen LogP contribution in [0.5, 0.6) is 0 Å². The molecule has 0 aliphatic carbocycles. The standard InChI is InChI=1S/C13H20ClN3O2/c1-7(2)6-10(13(18)19-5)17-12-11(14)15-8(3)9(4)16-12/h7,10H,6H2,1-5H3,(H,16,17). The van der Waals surface area contributed by atoms with E-state index in [1.165, 1.54) is 7.11 Å². The summed E-state index contributed by atoms with van der Waals surface area (Å²) < 4.78 is 4.79. The third-order valence-electron chi connectivity index (χ3n) is 2.77. The van der Waals surface area contributed by atoms with E-state index in [0.29, 0.717) is 18.2 Å². The molecule has 1 unspecified atom stereocenters. The first-order chi connectivity index (χ1) is 8.85. The van der Waals surface area contributed by atoms with Crippen LogP contribution in [-0.2, 0) is 9.53 Å². The Morgan fingerprint density at radius 3 is 2.42 bits per heavy atom. The van der Waals surface area contributed by atoms with Crippen LogP contribution in [0.1, 0.15) is 31.7 Å². The molecule has 5 nitrogen and oxygen atoms in total. The summed E-state index contributed by atoms with van der Waals surface area (Å²) >= 11 is 6.04. The summed E-state index contributed by atoms with van der Waals surface area (Å²) in [5.74, 6) is 0.431. The van der Waals surface area contributed by atoms with E-state index in [9.17, 15) is 4.79 Å². The van der Waals surface area contributed by atoms with Crippen molar-refractivity contribution in [3.8, 4) is 0 Å². The van der Waals surface area contributed by atoms with Gasteiger partial charge >= 0.3 is 5.97 Å². The van der Waals surface area contributed by atoms with E-state index in [1.807, 2.05) is 27.7 Å². The molecule has 0 bridgehead atoms. The summed E-state index contributed by atoms with van der Waals surface area (Å²) in [6.07, 6.45) is 0.637. The van der Waals surface area contributed by atoms with Crippen LogP contribution in [-0.4, -0.2) is 29.1 Å². The molecular weight excluding hydrogens is 266 g/mol. The Morgan fingerprint density at radius 2 is 1.89 bits per heavy atom. The lowest BCUT2D eigenvalue weighted by molar-refractivity contribution is -0.141. The maximum atomic E-state index is 11.7. The smallest absolute Gasteiger partial charge is 0.328 e. The number of ether oxygens (including phenoxy) is 1. The largest absolute Gasteiger partial charge is 0.467 e. The minimum atomic E-state index is -0.473. The van der Waals surface area contributed by atoms with Crippen molar-refractivity contribution >= 4 is 23.4 Å². The number of anilines is 1. The topological polar surface area (TPSA) is 64.1 Å². The minimum absolute atomic E-state index is 0.265. The van der Waals surface area contributed by atoms with Gasteiger partial charge in [-0.1, -0.05) is 25.4 Å². The summed E-state index contributed by atoms with van der Waals surface area (Å²) in [6.45, 7) is 7.75. The van der Waals surface area contributed by atoms with Gasteiger partial charge in [0.05, 0.1) is 18.5 Å². The van der Waals surface area contributed by atoms with Gasteiger partial charge in [-0.05, 0) is 26.2 Å². The molecular formula is C13H20ClN3O2. The van der Waals surface area contributed by atoms with Crippen LogP contribution in [0.2, 0.25) is 5.15 Å². The Kier molecular flexibility index (Phi) is 5.54. The molecule has 0 radical (unpaired) electrons. The molecule has 1 aromatic heterocycles. The molecule has 0 aromatic carbocycles. The highest BCUT2D eigenvalue weighted by Gasteiger charge is 2.22. The van der Waals surface area contributed by atoms with E-state index in [4.69, 9.17) is 16.3 Å². The van der Waals surface area contributed by atoms with Crippen molar-refractivity contribution in [1.82, 2.24) is 9.97 Å². The van der Waals surface area contributed by atoms with Gasteiger partial charge in [-0.15, -0.1) is 0 Å². The van der Waals surface area contributed by atoms with Crippen LogP contribution in [0.3, 0.4) is 0 Å². The van der Waals surface area contributed by atoms with Gasteiger partial charge in [0.2, 0.25) is 0 Å². The van der Waals surface area contributed by atoms with Crippen molar-refractivity contribution < 1.29 is 9.53 Å². The van der Waals surface area contributed by atoms with Gasteiger partial charge in [0.1, 0.15) is 6.04 Å². The van der Waals surface area contributed by atoms with Crippen molar-refractivity contribution in [2.24, 2.45) is 5.92 Å². The van der Waals surface area contributed by atoms with Gasteiger partial charge in [-0.25, -0.2) is 14.8 Å². The van der Waals surface area contributed by atoms with E-state index < -0.39 is 6.04 Å². The summed E-state index contributed by atoms with van der Waals surface area (Å²) in [6, 6.07) is -0.473. The second-order valence-corrected chi connectivity index (χ2v) is 5.24. The molecule has 1 aromatic rings. The third-order valence-corrected chi connectivity index (χ3v) is 3.03. The minimum Gasteiger partial charge on any atom is -0.467 e. The van der Waals surface area contributed by atoms with Crippen LogP contribution in [0.15, 0.2) is 0 Å². The van der Waals surface area contributed by atoms with E-state index in [1.54, 1.807) is 0 Å². The number of methoxy groups -OCH3 is 1. The number of halogens is 1. The molecule has 0 amide bonds. The fraction of sp³-hybridized carbons (Fsp3) is 0.615. The lowest BCUT2D eigenvalue weighted by Crippen LogP contribution is -2.32. The summed E-state index contributed by atoms with van der Waals surface area (Å²) in [7, 11) is 1.37. The lowest BCUT2D eigenvalue weighted by atomic mass is 10.0. The fourth-order valence-corrected chi connectivity index (χ4v) is 1.88. The maximum absolute atomic E-state index is 11.7. The number of nitrogens with one attached hydrogen (secondary N) is 1. The molecule has 1 N–H and O–H groups in total. The SMILES string of the molecule is COC(=O)C(CC(C)C)Nc1nc(C)c(C)nc1Cl. The number of hydrogen-bond acceptors (Lipinski definition) is 5. The number of carbonyl (C=O) groups excluding carboxylic acids is 1. The quantitative estimate of drug-likeness (QED) is 0.843. The molecule has 0 aliphatic rings. The van der Waals surface area contributed by atoms with Gasteiger partial charge in [0.25, 0.3) is 0 Å². The first kappa shape index (κ1) is 15.7. The van der Waals surface area contributed by atoms with E-state index in [2.05, 4.69) is 15.3 Å². The van der Waals surface area contributed by atoms with Crippen molar-refractivity contribution in [1.29, 1.82) is 0 Å². The first-order valence-corrected chi connectivity index (χ1v) is 6.58. The highest BCUT2D eigenvalue weighted by molar-refractivity contribution is 6.31. The molecule has 106 valence electrons. The van der Waals surface area contributed by atoms with Crippen molar-refractivity contribution in [2.75, 3.05) is 12.4 Å². The highest BCUT2D eigenvalue weighted by atomic mass is 35.5. The van der Waals surface area contributed by atoms with Gasteiger partial charge in [-0.2, -0.15) is 0 Å². The number of aromatic nitrogens is 2. The molecule has 6 heteroatoms. The number of hydrogen-bond donors (Lipinski definition) is 1. The molecule has 0 spiro atoms. The average molecular weight is 286 g/mol. The zero-order chi connectivity index (χ0) is 14.6. The maximum Gasteiger partial charge on any atom is 0.328 e. The highest BCUT2D eigenvalue weighted by Crippen LogP contribution is 2.21. The lowest BCUT2D eigenvalue weighted by Gasteiger charge is -2.19. The monoisotopic (exact) mass is 285 g/mol. The van der Waals surface area contributed by atoms with Gasteiger partial charge in [0.15, 0.2) is 11.0 Å². The van der Waals surface area contributed by atoms with Crippen LogP contribution in [0, 0.1) is 19.8 Å². The van der Waals surface area contributed by atoms with E-state index >= 15 is 0 Å². The van der Waals surface area contributed by atoms with Gasteiger partial charge < -0.3 is 10.1 Å². The molecule has 0 fully saturated rings. The third kappa shape index (κ3) is 4.35. The normalized spacial score (nSPS) is 12.4. The van der Waals surface area contributed by atoms with Gasteiger partial charge in [0, 0.05) is 0 Å². The van der Waals surface area contributed by atoms with Gasteiger partial charge in [-0.3, -0.25) is 0 Å². The van der Waals surface area contributed by atoms with E-state index in [-0.39, 0.29) is 11.1 Å². The van der Waals surface area contributed by atoms with E-state index in [0.717, 1.165) is 11.4 Å². The van der Waals surface area contributed by atoms with Crippen LogP contribution in [0.4, 0.5) is 5.82 Å². The molecule has 0 aliphatic heterocycles. The number of esters is 1. The molecule has 1 rings (SSSR count). The van der Waals surface area contributed by atoms with Crippen LogP contribution in [0.25, 0.3) is 0 Å². The Balaban J connectivity index is 2.96. The number of nitrogens with zero attached hydrogens (tertiary/aromatic N) is 2. The Labute approximate surface area is 118 Å². The molecule has 0 saturated carbocycles. The number of carbonyl (C=O) groups is 1. The Bertz CT molecular complexity index is 463. The predicted octanol–water partition coefficient (Wildman–Crippen LogP) is 2.75. The number of rotatable bonds is 5. The second-order valence-electron chi connectivity index (χ2n) is 4.88. The van der Waals surface area contributed by atoms with Crippen LogP contribution < -0.4 is 5.32 Å². The van der Waals surface area contributed by atoms with Crippen LogP contribution >= 0.6 is 11.6 Å². The molecule has 19 heavy (non-hydrogen) atoms. The number of aryl methyl sites for hydroxylation is 2. The first-order valence-electron chi connectivity index (χ1n) is 6.20. The van der Waals surface area contributed by atoms with Crippen molar-refractivity contribution in [2.45, 2.75) is 40.2 Å². The summed E-state index contributed by atoms with van der Waals surface area (Å²) in [5.41, 5.74) is 1.55. The fourth-order valence-electron chi connectivity index (χ4n) is 1.66. The summed E-state index contributed by atoms with van der Waals surface area (Å²) in [5, 5.41) is 3.28. The second kappa shape index (κ2) is 6.70. The molecule has 0 saturated heterocycles. The zero-order valence-corrected chi connectivity index (χ0v) is 12.7. The molecule has 1 atom stereocenters. The predicted molar refractivity (Wildman–Crippen MR) is 75.4 cm³/mol. The molecule has 1 heterocycles.